The van der Waals surface area contributed by atoms with Crippen molar-refractivity contribution in [3.05, 3.63) is 24.3 Å². The third-order valence-corrected chi connectivity index (χ3v) is 16.1. The van der Waals surface area contributed by atoms with Crippen LogP contribution in [0.3, 0.4) is 0 Å². The van der Waals surface area contributed by atoms with Gasteiger partial charge in [-0.2, -0.15) is 0 Å². The van der Waals surface area contributed by atoms with Crippen molar-refractivity contribution in [2.75, 3.05) is 6.61 Å². The van der Waals surface area contributed by atoms with E-state index in [4.69, 9.17) is 0 Å². The third-order valence-electron chi connectivity index (χ3n) is 16.1. The number of hydrogen-bond donors (Lipinski definition) is 5. The lowest BCUT2D eigenvalue weighted by molar-refractivity contribution is -0.132. The van der Waals surface area contributed by atoms with Gasteiger partial charge in [-0.25, -0.2) is 0 Å². The maximum atomic E-state index is 12.6. The quantitative estimate of drug-likeness (QED) is 0.0308. The van der Waals surface area contributed by atoms with Gasteiger partial charge in [-0.15, -0.1) is 0 Å². The highest BCUT2D eigenvalue weighted by Crippen LogP contribution is 2.19. The summed E-state index contributed by atoms with van der Waals surface area (Å²) < 4.78 is 0. The lowest BCUT2D eigenvalue weighted by Gasteiger charge is -2.27. The Morgan fingerprint density at radius 3 is 0.811 bits per heavy atom. The van der Waals surface area contributed by atoms with Gasteiger partial charge >= 0.3 is 0 Å². The molecule has 0 aliphatic rings. The molecule has 4 unspecified atom stereocenters. The van der Waals surface area contributed by atoms with Crippen molar-refractivity contribution >= 4 is 5.91 Å². The van der Waals surface area contributed by atoms with E-state index in [2.05, 4.69) is 43.5 Å². The first-order chi connectivity index (χ1) is 36.5. The van der Waals surface area contributed by atoms with Crippen LogP contribution in [0.2, 0.25) is 0 Å². The van der Waals surface area contributed by atoms with Crippen LogP contribution in [0.4, 0.5) is 0 Å². The summed E-state index contributed by atoms with van der Waals surface area (Å²) in [5.74, 6) is -0.587. The zero-order chi connectivity index (χ0) is 53.7. The Hall–Kier alpha value is -1.21. The van der Waals surface area contributed by atoms with E-state index in [1.165, 1.54) is 308 Å². The van der Waals surface area contributed by atoms with E-state index in [9.17, 15) is 25.2 Å². The molecule has 74 heavy (non-hydrogen) atoms. The molecule has 0 heterocycles. The van der Waals surface area contributed by atoms with E-state index in [1.54, 1.807) is 0 Å². The van der Waals surface area contributed by atoms with Crippen molar-refractivity contribution in [1.29, 1.82) is 0 Å². The summed E-state index contributed by atoms with van der Waals surface area (Å²) in [6.07, 6.45) is 78.7. The average molecular weight is 1040 g/mol. The van der Waals surface area contributed by atoms with Crippen molar-refractivity contribution in [1.82, 2.24) is 5.32 Å². The van der Waals surface area contributed by atoms with E-state index >= 15 is 0 Å². The van der Waals surface area contributed by atoms with Gasteiger partial charge in [0.25, 0.3) is 0 Å². The van der Waals surface area contributed by atoms with Gasteiger partial charge in [0.15, 0.2) is 0 Å². The Balaban J connectivity index is 3.57. The Morgan fingerprint density at radius 1 is 0.324 bits per heavy atom. The fourth-order valence-corrected chi connectivity index (χ4v) is 10.9. The molecular weight excluding hydrogens is 911 g/mol. The van der Waals surface area contributed by atoms with Crippen LogP contribution in [-0.2, 0) is 4.79 Å². The second kappa shape index (κ2) is 62.6. The topological polar surface area (TPSA) is 110 Å². The number of amides is 1. The Labute approximate surface area is 463 Å². The number of hydrogen-bond acceptors (Lipinski definition) is 5. The zero-order valence-electron chi connectivity index (χ0n) is 50.1. The number of aliphatic hydroxyl groups is 4. The SMILES string of the molecule is CCCCCCCCCCCCCC/C=C\CCCCCCCCCCCCCCCCC(O)C(=O)NC(CO)C(O)C(O)CCC/C=C/CCCCCCCCCCCCCCCCCCCCCCCCC. The summed E-state index contributed by atoms with van der Waals surface area (Å²) in [4.78, 5) is 12.6. The molecule has 0 spiro atoms. The lowest BCUT2D eigenvalue weighted by Crippen LogP contribution is -2.53. The van der Waals surface area contributed by atoms with Crippen LogP contribution in [0.5, 0.6) is 0 Å². The molecule has 0 aromatic rings. The highest BCUT2D eigenvalue weighted by Gasteiger charge is 2.28. The van der Waals surface area contributed by atoms with Gasteiger partial charge < -0.3 is 25.7 Å². The number of allylic oxidation sites excluding steroid dienone is 4. The van der Waals surface area contributed by atoms with Crippen LogP contribution < -0.4 is 5.32 Å². The Morgan fingerprint density at radius 2 is 0.554 bits per heavy atom. The monoisotopic (exact) mass is 1040 g/mol. The van der Waals surface area contributed by atoms with E-state index in [-0.39, 0.29) is 0 Å². The van der Waals surface area contributed by atoms with Gasteiger partial charge in [0, 0.05) is 0 Å². The second-order valence-corrected chi connectivity index (χ2v) is 23.5. The normalized spacial score (nSPS) is 13.6. The highest BCUT2D eigenvalue weighted by atomic mass is 16.3. The largest absolute Gasteiger partial charge is 0.394 e. The standard InChI is InChI=1S/C68H133NO5/c1-3-5-7-9-11-13-15-17-19-21-23-25-27-29-31-33-34-36-38-40-42-44-46-48-50-52-54-56-58-60-62-66(72)68(74)69-64(63-70)67(73)65(71)61-59-57-55-53-51-49-47-45-43-41-39-37-35-32-30-28-26-24-22-20-18-16-14-12-10-8-6-4-2/h29,31,53,55,64-67,70-73H,3-28,30,32-52,54,56-63H2,1-2H3,(H,69,74)/b31-29-,55-53+. The molecule has 0 radical (unpaired) electrons. The zero-order valence-corrected chi connectivity index (χ0v) is 50.1. The fraction of sp³-hybridized carbons (Fsp3) is 0.926. The van der Waals surface area contributed by atoms with Crippen molar-refractivity contribution in [3.8, 4) is 0 Å². The number of unbranched alkanes of at least 4 members (excludes halogenated alkanes) is 50. The molecule has 440 valence electrons. The molecule has 0 saturated carbocycles. The smallest absolute Gasteiger partial charge is 0.249 e. The maximum absolute atomic E-state index is 12.6. The van der Waals surface area contributed by atoms with Gasteiger partial charge in [-0.3, -0.25) is 4.79 Å². The van der Waals surface area contributed by atoms with Crippen LogP contribution >= 0.6 is 0 Å². The van der Waals surface area contributed by atoms with E-state index < -0.39 is 36.9 Å². The maximum Gasteiger partial charge on any atom is 0.249 e. The van der Waals surface area contributed by atoms with Crippen LogP contribution in [0.25, 0.3) is 0 Å². The minimum atomic E-state index is -1.28. The molecule has 0 saturated heterocycles. The van der Waals surface area contributed by atoms with E-state index in [0.29, 0.717) is 12.8 Å². The molecule has 0 fully saturated rings. The summed E-state index contributed by atoms with van der Waals surface area (Å²) >= 11 is 0. The van der Waals surface area contributed by atoms with Gasteiger partial charge in [0.05, 0.1) is 18.8 Å². The molecule has 6 heteroatoms. The molecular formula is C68H133NO5. The molecule has 6 nitrogen and oxygen atoms in total. The van der Waals surface area contributed by atoms with Gasteiger partial charge in [0.2, 0.25) is 5.91 Å². The molecule has 0 aromatic carbocycles. The van der Waals surface area contributed by atoms with Crippen LogP contribution in [-0.4, -0.2) is 57.3 Å². The Bertz CT molecular complexity index is 1130. The number of aliphatic hydroxyl groups excluding tert-OH is 4. The first-order valence-electron chi connectivity index (χ1n) is 33.7. The van der Waals surface area contributed by atoms with Crippen LogP contribution in [0.15, 0.2) is 24.3 Å². The molecule has 0 aliphatic carbocycles. The molecule has 0 bridgehead atoms. The molecule has 4 atom stereocenters. The van der Waals surface area contributed by atoms with E-state index in [1.807, 2.05) is 0 Å². The first-order valence-corrected chi connectivity index (χ1v) is 33.7. The second-order valence-electron chi connectivity index (χ2n) is 23.5. The van der Waals surface area contributed by atoms with Crippen molar-refractivity contribution in [3.63, 3.8) is 0 Å². The number of carbonyl (C=O) groups excluding carboxylic acids is 1. The number of nitrogens with one attached hydrogen (secondary N) is 1. The molecule has 0 aromatic heterocycles. The fourth-order valence-electron chi connectivity index (χ4n) is 10.9. The van der Waals surface area contributed by atoms with E-state index in [0.717, 1.165) is 38.5 Å². The lowest BCUT2D eigenvalue weighted by atomic mass is 10.00. The Kier molecular flexibility index (Phi) is 61.6. The predicted molar refractivity (Wildman–Crippen MR) is 325 cm³/mol. The minimum absolute atomic E-state index is 0.366. The minimum Gasteiger partial charge on any atom is -0.394 e. The first kappa shape index (κ1) is 72.8. The van der Waals surface area contributed by atoms with Gasteiger partial charge in [0.1, 0.15) is 12.2 Å². The predicted octanol–water partition coefficient (Wildman–Crippen LogP) is 20.5. The molecule has 0 rings (SSSR count). The number of carbonyl (C=O) groups is 1. The summed E-state index contributed by atoms with van der Waals surface area (Å²) in [6, 6.07) is -1.00. The van der Waals surface area contributed by atoms with Gasteiger partial charge in [-0.05, 0) is 64.2 Å². The van der Waals surface area contributed by atoms with Crippen LogP contribution in [0.1, 0.15) is 373 Å². The van der Waals surface area contributed by atoms with Crippen molar-refractivity contribution in [2.24, 2.45) is 0 Å². The number of rotatable bonds is 63. The molecule has 0 aliphatic heterocycles. The van der Waals surface area contributed by atoms with Crippen molar-refractivity contribution in [2.45, 2.75) is 398 Å². The summed E-state index contributed by atoms with van der Waals surface area (Å²) in [5, 5.41) is 44.2. The van der Waals surface area contributed by atoms with Crippen LogP contribution in [0, 0.1) is 0 Å². The summed E-state index contributed by atoms with van der Waals surface area (Å²) in [7, 11) is 0. The van der Waals surface area contributed by atoms with Gasteiger partial charge in [-0.1, -0.05) is 334 Å². The highest BCUT2D eigenvalue weighted by molar-refractivity contribution is 5.80. The molecule has 5 N–H and O–H groups in total. The third kappa shape index (κ3) is 55.5. The molecule has 1 amide bonds. The summed E-state index contributed by atoms with van der Waals surface area (Å²) in [5.41, 5.74) is 0. The summed E-state index contributed by atoms with van der Waals surface area (Å²) in [6.45, 7) is 4.10. The average Bonchev–Trinajstić information content (AvgIpc) is 3.41. The van der Waals surface area contributed by atoms with Crippen molar-refractivity contribution < 1.29 is 25.2 Å².